The van der Waals surface area contributed by atoms with E-state index < -0.39 is 5.60 Å². The molecule has 15 heavy (non-hydrogen) atoms. The van der Waals surface area contributed by atoms with Crippen LogP contribution in [-0.2, 0) is 9.53 Å². The minimum Gasteiger partial charge on any atom is -0.370 e. The molecule has 2 nitrogen and oxygen atoms in total. The Balaban J connectivity index is 3.17. The summed E-state index contributed by atoms with van der Waals surface area (Å²) < 4.78 is 5.70. The summed E-state index contributed by atoms with van der Waals surface area (Å²) in [6.07, 6.45) is 2.15. The molecule has 1 saturated carbocycles. The van der Waals surface area contributed by atoms with Crippen molar-refractivity contribution in [3.8, 4) is 0 Å². The fraction of sp³-hybridized carbons (Fsp3) is 0.923. The topological polar surface area (TPSA) is 26.3 Å². The summed E-state index contributed by atoms with van der Waals surface area (Å²) in [4.78, 5) is 12.4. The van der Waals surface area contributed by atoms with Crippen LogP contribution in [0.15, 0.2) is 0 Å². The van der Waals surface area contributed by atoms with Gasteiger partial charge in [0.1, 0.15) is 5.60 Å². The molecule has 1 rings (SSSR count). The predicted octanol–water partition coefficient (Wildman–Crippen LogP) is 3.05. The van der Waals surface area contributed by atoms with Gasteiger partial charge in [-0.2, -0.15) is 0 Å². The zero-order chi connectivity index (χ0) is 11.9. The largest absolute Gasteiger partial charge is 0.370 e. The van der Waals surface area contributed by atoms with Crippen molar-refractivity contribution >= 4 is 5.78 Å². The first-order chi connectivity index (χ1) is 6.79. The average Bonchev–Trinajstić information content (AvgIpc) is 2.37. The van der Waals surface area contributed by atoms with Gasteiger partial charge in [-0.3, -0.25) is 4.79 Å². The number of ether oxygens (including phenoxy) is 1. The van der Waals surface area contributed by atoms with Crippen LogP contribution in [0.4, 0.5) is 0 Å². The molecule has 2 unspecified atom stereocenters. The van der Waals surface area contributed by atoms with E-state index in [4.69, 9.17) is 4.74 Å². The van der Waals surface area contributed by atoms with Gasteiger partial charge in [0.15, 0.2) is 5.78 Å². The van der Waals surface area contributed by atoms with E-state index in [2.05, 4.69) is 20.8 Å². The highest BCUT2D eigenvalue weighted by atomic mass is 16.5. The molecule has 0 radical (unpaired) electrons. The molecule has 0 spiro atoms. The highest BCUT2D eigenvalue weighted by molar-refractivity contribution is 5.90. The number of Topliss-reactive ketones (excluding diaryl/α,β-unsaturated/α-hetero) is 1. The molecule has 0 saturated heterocycles. The van der Waals surface area contributed by atoms with E-state index in [9.17, 15) is 4.79 Å². The van der Waals surface area contributed by atoms with E-state index in [1.165, 1.54) is 0 Å². The number of methoxy groups -OCH3 is 1. The van der Waals surface area contributed by atoms with Crippen LogP contribution < -0.4 is 0 Å². The highest BCUT2D eigenvalue weighted by Gasteiger charge is 2.58. The molecule has 0 heterocycles. The van der Waals surface area contributed by atoms with Crippen LogP contribution in [0.3, 0.4) is 0 Å². The third-order valence-corrected chi connectivity index (χ3v) is 4.11. The molecular weight excluding hydrogens is 188 g/mol. The number of hydrogen-bond acceptors (Lipinski definition) is 2. The zero-order valence-corrected chi connectivity index (χ0v) is 10.9. The molecule has 2 heteroatoms. The van der Waals surface area contributed by atoms with Gasteiger partial charge >= 0.3 is 0 Å². The Labute approximate surface area is 93.4 Å². The lowest BCUT2D eigenvalue weighted by Gasteiger charge is -2.42. The van der Waals surface area contributed by atoms with Crippen molar-refractivity contribution in [1.29, 1.82) is 0 Å². The van der Waals surface area contributed by atoms with Gasteiger partial charge in [0.2, 0.25) is 0 Å². The highest BCUT2D eigenvalue weighted by Crippen LogP contribution is 2.52. The Morgan fingerprint density at radius 1 is 1.40 bits per heavy atom. The quantitative estimate of drug-likeness (QED) is 0.718. The predicted molar refractivity (Wildman–Crippen MR) is 61.8 cm³/mol. The summed E-state index contributed by atoms with van der Waals surface area (Å²) in [7, 11) is 1.68. The Morgan fingerprint density at radius 2 is 1.93 bits per heavy atom. The molecule has 88 valence electrons. The molecular formula is C13H24O2. The minimum absolute atomic E-state index is 0.0392. The molecule has 0 aromatic rings. The maximum absolute atomic E-state index is 12.4. The zero-order valence-electron chi connectivity index (χ0n) is 10.9. The van der Waals surface area contributed by atoms with Gasteiger partial charge in [-0.05, 0) is 18.8 Å². The third kappa shape index (κ3) is 1.63. The second-order valence-corrected chi connectivity index (χ2v) is 5.78. The number of carbonyl (C=O) groups is 1. The lowest BCUT2D eigenvalue weighted by Crippen LogP contribution is -2.54. The monoisotopic (exact) mass is 212 g/mol. The standard InChI is InChI=1S/C13H24O2/c1-9(2)11(14)13(15-6)10(3)7-8-12(13,4)5/h9-10H,7-8H2,1-6H3. The molecule has 2 atom stereocenters. The molecule has 1 aliphatic rings. The van der Waals surface area contributed by atoms with E-state index in [-0.39, 0.29) is 17.1 Å². The van der Waals surface area contributed by atoms with Crippen LogP contribution in [0.25, 0.3) is 0 Å². The molecule has 0 amide bonds. The number of carbonyl (C=O) groups excluding carboxylic acids is 1. The van der Waals surface area contributed by atoms with Crippen molar-refractivity contribution in [3.63, 3.8) is 0 Å². The van der Waals surface area contributed by atoms with Gasteiger partial charge in [0.05, 0.1) is 0 Å². The molecule has 1 aliphatic carbocycles. The summed E-state index contributed by atoms with van der Waals surface area (Å²) in [5.74, 6) is 0.636. The summed E-state index contributed by atoms with van der Waals surface area (Å²) in [5, 5.41) is 0. The normalized spacial score (nSPS) is 34.7. The van der Waals surface area contributed by atoms with Gasteiger partial charge in [0, 0.05) is 18.4 Å². The molecule has 0 aliphatic heterocycles. The van der Waals surface area contributed by atoms with E-state index in [0.717, 1.165) is 12.8 Å². The third-order valence-electron chi connectivity index (χ3n) is 4.11. The fourth-order valence-corrected chi connectivity index (χ4v) is 3.22. The van der Waals surface area contributed by atoms with Crippen LogP contribution in [-0.4, -0.2) is 18.5 Å². The molecule has 0 aromatic carbocycles. The molecule has 0 aromatic heterocycles. The second-order valence-electron chi connectivity index (χ2n) is 5.78. The first-order valence-electron chi connectivity index (χ1n) is 5.89. The SMILES string of the molecule is COC1(C(=O)C(C)C)C(C)CCC1(C)C. The first kappa shape index (κ1) is 12.7. The smallest absolute Gasteiger partial charge is 0.167 e. The van der Waals surface area contributed by atoms with E-state index in [1.54, 1.807) is 7.11 Å². The lowest BCUT2D eigenvalue weighted by atomic mass is 9.69. The summed E-state index contributed by atoms with van der Waals surface area (Å²) in [6.45, 7) is 10.4. The summed E-state index contributed by atoms with van der Waals surface area (Å²) in [6, 6.07) is 0. The lowest BCUT2D eigenvalue weighted by molar-refractivity contribution is -0.163. The van der Waals surface area contributed by atoms with Gasteiger partial charge in [-0.1, -0.05) is 34.6 Å². The van der Waals surface area contributed by atoms with Gasteiger partial charge in [-0.15, -0.1) is 0 Å². The van der Waals surface area contributed by atoms with Crippen LogP contribution >= 0.6 is 0 Å². The van der Waals surface area contributed by atoms with Crippen LogP contribution in [0.5, 0.6) is 0 Å². The van der Waals surface area contributed by atoms with Gasteiger partial charge < -0.3 is 4.74 Å². The summed E-state index contributed by atoms with van der Waals surface area (Å²) in [5.41, 5.74) is -0.607. The van der Waals surface area contributed by atoms with Crippen molar-refractivity contribution in [1.82, 2.24) is 0 Å². The minimum atomic E-state index is -0.568. The maximum Gasteiger partial charge on any atom is 0.167 e. The van der Waals surface area contributed by atoms with Crippen molar-refractivity contribution in [3.05, 3.63) is 0 Å². The van der Waals surface area contributed by atoms with Crippen LogP contribution in [0.2, 0.25) is 0 Å². The van der Waals surface area contributed by atoms with Crippen molar-refractivity contribution in [2.45, 2.75) is 53.1 Å². The van der Waals surface area contributed by atoms with Crippen molar-refractivity contribution < 1.29 is 9.53 Å². The average molecular weight is 212 g/mol. The fourth-order valence-electron chi connectivity index (χ4n) is 3.22. The second kappa shape index (κ2) is 3.89. The Morgan fingerprint density at radius 3 is 2.20 bits per heavy atom. The molecule has 1 fully saturated rings. The summed E-state index contributed by atoms with van der Waals surface area (Å²) >= 11 is 0. The Hall–Kier alpha value is -0.370. The van der Waals surface area contributed by atoms with Gasteiger partial charge in [-0.25, -0.2) is 0 Å². The molecule has 0 N–H and O–H groups in total. The first-order valence-corrected chi connectivity index (χ1v) is 5.89. The molecule has 0 bridgehead atoms. The van der Waals surface area contributed by atoms with Gasteiger partial charge in [0.25, 0.3) is 0 Å². The Kier molecular flexibility index (Phi) is 3.30. The van der Waals surface area contributed by atoms with E-state index in [1.807, 2.05) is 13.8 Å². The maximum atomic E-state index is 12.4. The van der Waals surface area contributed by atoms with Crippen LogP contribution in [0, 0.1) is 17.3 Å². The van der Waals surface area contributed by atoms with E-state index >= 15 is 0 Å². The number of rotatable bonds is 3. The number of hydrogen-bond donors (Lipinski definition) is 0. The van der Waals surface area contributed by atoms with Crippen molar-refractivity contribution in [2.24, 2.45) is 17.3 Å². The van der Waals surface area contributed by atoms with Crippen LogP contribution in [0.1, 0.15) is 47.5 Å². The Bertz CT molecular complexity index is 255. The number of ketones is 1. The van der Waals surface area contributed by atoms with E-state index in [0.29, 0.717) is 5.92 Å². The van der Waals surface area contributed by atoms with Crippen molar-refractivity contribution in [2.75, 3.05) is 7.11 Å².